The highest BCUT2D eigenvalue weighted by molar-refractivity contribution is 5.81. The van der Waals surface area contributed by atoms with Crippen molar-refractivity contribution in [2.75, 3.05) is 0 Å². The second-order valence-corrected chi connectivity index (χ2v) is 7.74. The van der Waals surface area contributed by atoms with Crippen LogP contribution < -0.4 is 10.3 Å². The lowest BCUT2D eigenvalue weighted by Gasteiger charge is -2.18. The number of ether oxygens (including phenoxy) is 1. The normalized spacial score (nSPS) is 12.5. The first-order valence-corrected chi connectivity index (χ1v) is 9.98. The van der Waals surface area contributed by atoms with Crippen molar-refractivity contribution >= 4 is 11.0 Å². The number of hydrogen-bond donors (Lipinski definition) is 0. The molecule has 7 nitrogen and oxygen atoms in total. The molecule has 0 radical (unpaired) electrons. The molecule has 0 aromatic carbocycles. The lowest BCUT2D eigenvalue weighted by atomic mass is 10.1. The molecule has 4 aromatic heterocycles. The molecule has 30 heavy (non-hydrogen) atoms. The molecule has 0 aliphatic rings. The summed E-state index contributed by atoms with van der Waals surface area (Å²) in [6.45, 7) is 7.85. The number of fused-ring (bicyclic) bond motifs is 1. The highest BCUT2D eigenvalue weighted by Gasteiger charge is 2.21. The Morgan fingerprint density at radius 1 is 1.10 bits per heavy atom. The van der Waals surface area contributed by atoms with Gasteiger partial charge < -0.3 is 13.9 Å². The number of aryl methyl sites for hydroxylation is 2. The molecule has 0 N–H and O–H groups in total. The molecule has 0 amide bonds. The minimum atomic E-state index is -0.0851. The van der Waals surface area contributed by atoms with Crippen molar-refractivity contribution in [1.29, 1.82) is 0 Å². The van der Waals surface area contributed by atoms with Crippen LogP contribution in [0.25, 0.3) is 22.4 Å². The Labute approximate surface area is 175 Å². The molecular formula is C23H25N5O2. The Bertz CT molecular complexity index is 1230. The molecule has 0 fully saturated rings. The van der Waals surface area contributed by atoms with E-state index < -0.39 is 0 Å². The molecule has 0 aliphatic carbocycles. The van der Waals surface area contributed by atoms with Gasteiger partial charge in [-0.15, -0.1) is 0 Å². The van der Waals surface area contributed by atoms with Crippen LogP contribution in [0.1, 0.15) is 38.1 Å². The summed E-state index contributed by atoms with van der Waals surface area (Å²) in [6, 6.07) is 9.59. The van der Waals surface area contributed by atoms with Crippen molar-refractivity contribution in [2.45, 2.75) is 39.8 Å². The van der Waals surface area contributed by atoms with Gasteiger partial charge in [-0.3, -0.25) is 9.78 Å². The number of aromatic nitrogens is 5. The first-order valence-electron chi connectivity index (χ1n) is 9.98. The smallest absolute Gasteiger partial charge is 0.253 e. The minimum absolute atomic E-state index is 0.0188. The van der Waals surface area contributed by atoms with Gasteiger partial charge in [-0.2, -0.15) is 0 Å². The van der Waals surface area contributed by atoms with Crippen molar-refractivity contribution < 1.29 is 4.74 Å². The molecule has 4 heterocycles. The van der Waals surface area contributed by atoms with E-state index in [0.717, 1.165) is 28.1 Å². The summed E-state index contributed by atoms with van der Waals surface area (Å²) in [5, 5.41) is 0. The van der Waals surface area contributed by atoms with E-state index in [1.165, 1.54) is 0 Å². The predicted octanol–water partition coefficient (Wildman–Crippen LogP) is 3.90. The summed E-state index contributed by atoms with van der Waals surface area (Å²) >= 11 is 0. The Morgan fingerprint density at radius 3 is 2.57 bits per heavy atom. The van der Waals surface area contributed by atoms with Crippen LogP contribution in [0.5, 0.6) is 5.88 Å². The molecule has 0 saturated heterocycles. The van der Waals surface area contributed by atoms with Gasteiger partial charge in [0.15, 0.2) is 0 Å². The van der Waals surface area contributed by atoms with Gasteiger partial charge in [0.05, 0.1) is 29.6 Å². The number of pyridine rings is 3. The van der Waals surface area contributed by atoms with E-state index in [0.29, 0.717) is 11.4 Å². The summed E-state index contributed by atoms with van der Waals surface area (Å²) in [5.74, 6) is 1.31. The number of imidazole rings is 1. The summed E-state index contributed by atoms with van der Waals surface area (Å²) in [5.41, 5.74) is 4.09. The predicted molar refractivity (Wildman–Crippen MR) is 117 cm³/mol. The van der Waals surface area contributed by atoms with Crippen LogP contribution >= 0.6 is 0 Å². The third-order valence-electron chi connectivity index (χ3n) is 5.03. The van der Waals surface area contributed by atoms with E-state index in [4.69, 9.17) is 9.72 Å². The maximum atomic E-state index is 12.2. The van der Waals surface area contributed by atoms with Crippen molar-refractivity contribution in [3.8, 4) is 17.3 Å². The first kappa shape index (κ1) is 19.8. The molecule has 0 unspecified atom stereocenters. The lowest BCUT2D eigenvalue weighted by molar-refractivity contribution is 0.233. The molecule has 4 aromatic rings. The van der Waals surface area contributed by atoms with Gasteiger partial charge in [-0.25, -0.2) is 9.97 Å². The Hall–Kier alpha value is -3.48. The van der Waals surface area contributed by atoms with Crippen molar-refractivity contribution in [1.82, 2.24) is 24.1 Å². The van der Waals surface area contributed by atoms with Gasteiger partial charge in [0.2, 0.25) is 5.88 Å². The topological polar surface area (TPSA) is 74.8 Å². The van der Waals surface area contributed by atoms with E-state index in [-0.39, 0.29) is 17.7 Å². The molecule has 154 valence electrons. The molecule has 0 aliphatic heterocycles. The average Bonchev–Trinajstić information content (AvgIpc) is 3.10. The molecule has 7 heteroatoms. The van der Waals surface area contributed by atoms with Crippen LogP contribution in [-0.4, -0.2) is 30.2 Å². The SMILES string of the molecule is Cc1cc(-c2nc3cnc(OC(C)C)cc3n2[C@@H](C)c2ccccn2)cn(C)c1=O. The highest BCUT2D eigenvalue weighted by Crippen LogP contribution is 2.32. The lowest BCUT2D eigenvalue weighted by Crippen LogP contribution is -2.19. The fraction of sp³-hybridized carbons (Fsp3) is 0.304. The Morgan fingerprint density at radius 2 is 1.90 bits per heavy atom. The van der Waals surface area contributed by atoms with Crippen LogP contribution in [0.3, 0.4) is 0 Å². The summed E-state index contributed by atoms with van der Waals surface area (Å²) in [4.78, 5) is 26.0. The van der Waals surface area contributed by atoms with Gasteiger partial charge in [0, 0.05) is 36.6 Å². The zero-order valence-electron chi connectivity index (χ0n) is 17.8. The Balaban J connectivity index is 1.98. The standard InChI is InChI=1S/C23H25N5O2/c1-14(2)30-21-11-20-19(12-25-21)26-22(17-10-15(3)23(29)27(5)13-17)28(20)16(4)18-8-6-7-9-24-18/h6-14,16H,1-5H3/t16-/m0/s1. The largest absolute Gasteiger partial charge is 0.475 e. The molecule has 0 spiro atoms. The van der Waals surface area contributed by atoms with Crippen molar-refractivity contribution in [2.24, 2.45) is 7.05 Å². The summed E-state index contributed by atoms with van der Waals surface area (Å²) in [6.07, 6.45) is 5.35. The van der Waals surface area contributed by atoms with Gasteiger partial charge in [-0.05, 0) is 45.9 Å². The van der Waals surface area contributed by atoms with E-state index >= 15 is 0 Å². The molecule has 0 bridgehead atoms. The zero-order valence-corrected chi connectivity index (χ0v) is 17.8. The maximum Gasteiger partial charge on any atom is 0.253 e. The summed E-state index contributed by atoms with van der Waals surface area (Å²) in [7, 11) is 1.75. The third-order valence-corrected chi connectivity index (χ3v) is 5.03. The maximum absolute atomic E-state index is 12.2. The van der Waals surface area contributed by atoms with Gasteiger partial charge in [0.1, 0.15) is 11.3 Å². The number of hydrogen-bond acceptors (Lipinski definition) is 5. The van der Waals surface area contributed by atoms with Crippen LogP contribution in [-0.2, 0) is 7.05 Å². The molecular weight excluding hydrogens is 378 g/mol. The van der Waals surface area contributed by atoms with Gasteiger partial charge in [0.25, 0.3) is 5.56 Å². The van der Waals surface area contributed by atoms with Crippen LogP contribution in [0.15, 0.2) is 53.7 Å². The monoisotopic (exact) mass is 403 g/mol. The fourth-order valence-corrected chi connectivity index (χ4v) is 3.64. The average molecular weight is 403 g/mol. The van der Waals surface area contributed by atoms with E-state index in [2.05, 4.69) is 21.5 Å². The minimum Gasteiger partial charge on any atom is -0.475 e. The van der Waals surface area contributed by atoms with Crippen LogP contribution in [0.4, 0.5) is 0 Å². The van der Waals surface area contributed by atoms with Crippen molar-refractivity contribution in [3.63, 3.8) is 0 Å². The quantitative estimate of drug-likeness (QED) is 0.505. The van der Waals surface area contributed by atoms with E-state index in [1.54, 1.807) is 24.0 Å². The first-order chi connectivity index (χ1) is 14.3. The highest BCUT2D eigenvalue weighted by atomic mass is 16.5. The zero-order chi connectivity index (χ0) is 21.4. The van der Waals surface area contributed by atoms with E-state index in [1.807, 2.05) is 57.3 Å². The molecule has 1 atom stereocenters. The van der Waals surface area contributed by atoms with Gasteiger partial charge >= 0.3 is 0 Å². The molecule has 4 rings (SSSR count). The van der Waals surface area contributed by atoms with Gasteiger partial charge in [-0.1, -0.05) is 6.07 Å². The van der Waals surface area contributed by atoms with Crippen LogP contribution in [0.2, 0.25) is 0 Å². The van der Waals surface area contributed by atoms with E-state index in [9.17, 15) is 4.79 Å². The second-order valence-electron chi connectivity index (χ2n) is 7.74. The fourth-order valence-electron chi connectivity index (χ4n) is 3.64. The third kappa shape index (κ3) is 3.58. The number of nitrogens with zero attached hydrogens (tertiary/aromatic N) is 5. The Kier molecular flexibility index (Phi) is 5.11. The molecule has 0 saturated carbocycles. The van der Waals surface area contributed by atoms with Crippen molar-refractivity contribution in [3.05, 3.63) is 70.5 Å². The number of rotatable bonds is 5. The second kappa shape index (κ2) is 7.74. The van der Waals surface area contributed by atoms with Crippen LogP contribution in [0, 0.1) is 6.92 Å². The summed E-state index contributed by atoms with van der Waals surface area (Å²) < 4.78 is 9.54.